The molecular weight excluding hydrogens is 266 g/mol. The fourth-order valence-electron chi connectivity index (χ4n) is 2.68. The molecule has 102 valence electrons. The highest BCUT2D eigenvalue weighted by atomic mass is 35.5. The van der Waals surface area contributed by atoms with Crippen LogP contribution in [-0.4, -0.2) is 0 Å². The third kappa shape index (κ3) is 2.88. The minimum Gasteiger partial charge on any atom is -0.382 e. The molecule has 20 heavy (non-hydrogen) atoms. The zero-order chi connectivity index (χ0) is 13.9. The van der Waals surface area contributed by atoms with E-state index in [0.717, 1.165) is 17.9 Å². The summed E-state index contributed by atoms with van der Waals surface area (Å²) in [4.78, 5) is 0. The van der Waals surface area contributed by atoms with Gasteiger partial charge in [-0.05, 0) is 54.7 Å². The van der Waals surface area contributed by atoms with Crippen molar-refractivity contribution in [3.05, 3.63) is 75.9 Å². The van der Waals surface area contributed by atoms with Crippen LogP contribution in [-0.2, 0) is 6.42 Å². The summed E-state index contributed by atoms with van der Waals surface area (Å²) in [6.45, 7) is 2.20. The Labute approximate surface area is 125 Å². The number of fused-ring (bicyclic) bond motifs is 1. The molecule has 0 spiro atoms. The first-order valence-corrected chi connectivity index (χ1v) is 7.40. The number of halogens is 1. The van der Waals surface area contributed by atoms with Crippen LogP contribution in [0.1, 0.15) is 36.1 Å². The molecule has 0 bridgehead atoms. The van der Waals surface area contributed by atoms with Crippen LogP contribution in [0.15, 0.2) is 54.2 Å². The van der Waals surface area contributed by atoms with E-state index in [2.05, 4.69) is 60.8 Å². The molecule has 0 fully saturated rings. The van der Waals surface area contributed by atoms with Gasteiger partial charge in [-0.3, -0.25) is 0 Å². The first-order chi connectivity index (χ1) is 9.72. The molecule has 1 aliphatic rings. The van der Waals surface area contributed by atoms with Gasteiger partial charge in [-0.15, -0.1) is 0 Å². The molecule has 0 amide bonds. The standard InChI is InChI=1S/C18H18ClN/c1-13(14-5-3-2-4-6-14)20-18-10-8-15-11-17(19)9-7-16(15)12-18/h2-7,9,11-13,20H,8,10H2,1H3/t13-/m1/s1. The van der Waals surface area contributed by atoms with Crippen LogP contribution in [0, 0.1) is 0 Å². The number of hydrogen-bond acceptors (Lipinski definition) is 1. The van der Waals surface area contributed by atoms with Crippen molar-refractivity contribution in [1.29, 1.82) is 0 Å². The molecule has 2 aromatic rings. The summed E-state index contributed by atoms with van der Waals surface area (Å²) in [5, 5.41) is 4.44. The van der Waals surface area contributed by atoms with Gasteiger partial charge in [0.1, 0.15) is 0 Å². The van der Waals surface area contributed by atoms with Crippen molar-refractivity contribution in [2.75, 3.05) is 0 Å². The van der Waals surface area contributed by atoms with E-state index in [1.807, 2.05) is 6.07 Å². The van der Waals surface area contributed by atoms with Crippen LogP contribution in [0.3, 0.4) is 0 Å². The first-order valence-electron chi connectivity index (χ1n) is 7.03. The Morgan fingerprint density at radius 2 is 1.85 bits per heavy atom. The summed E-state index contributed by atoms with van der Waals surface area (Å²) in [6, 6.07) is 17.0. The maximum Gasteiger partial charge on any atom is 0.0482 e. The SMILES string of the molecule is C[C@@H](NC1=Cc2ccc(Cl)cc2CC1)c1ccccc1. The topological polar surface area (TPSA) is 12.0 Å². The second-order valence-electron chi connectivity index (χ2n) is 5.29. The van der Waals surface area contributed by atoms with Gasteiger partial charge < -0.3 is 5.32 Å². The van der Waals surface area contributed by atoms with Gasteiger partial charge in [0.15, 0.2) is 0 Å². The third-order valence-electron chi connectivity index (χ3n) is 3.80. The number of hydrogen-bond donors (Lipinski definition) is 1. The molecular formula is C18H18ClN. The maximum atomic E-state index is 6.04. The zero-order valence-electron chi connectivity index (χ0n) is 11.6. The average molecular weight is 284 g/mol. The Morgan fingerprint density at radius 1 is 1.05 bits per heavy atom. The van der Waals surface area contributed by atoms with Crippen molar-refractivity contribution < 1.29 is 0 Å². The van der Waals surface area contributed by atoms with Gasteiger partial charge in [-0.25, -0.2) is 0 Å². The first kappa shape index (κ1) is 13.3. The summed E-state index contributed by atoms with van der Waals surface area (Å²) in [5.74, 6) is 0. The highest BCUT2D eigenvalue weighted by molar-refractivity contribution is 6.30. The average Bonchev–Trinajstić information content (AvgIpc) is 2.48. The van der Waals surface area contributed by atoms with Gasteiger partial charge in [-0.2, -0.15) is 0 Å². The van der Waals surface area contributed by atoms with Gasteiger partial charge in [0, 0.05) is 16.8 Å². The van der Waals surface area contributed by atoms with Crippen LogP contribution in [0.2, 0.25) is 5.02 Å². The normalized spacial score (nSPS) is 15.2. The highest BCUT2D eigenvalue weighted by Crippen LogP contribution is 2.26. The summed E-state index contributed by atoms with van der Waals surface area (Å²) in [5.41, 5.74) is 5.24. The van der Waals surface area contributed by atoms with Gasteiger partial charge in [0.2, 0.25) is 0 Å². The molecule has 0 aliphatic heterocycles. The third-order valence-corrected chi connectivity index (χ3v) is 4.03. The molecule has 0 heterocycles. The summed E-state index contributed by atoms with van der Waals surface area (Å²) >= 11 is 6.04. The number of nitrogens with one attached hydrogen (secondary N) is 1. The number of allylic oxidation sites excluding steroid dienone is 1. The fourth-order valence-corrected chi connectivity index (χ4v) is 2.87. The Kier molecular flexibility index (Phi) is 3.79. The van der Waals surface area contributed by atoms with E-state index in [-0.39, 0.29) is 0 Å². The number of aryl methyl sites for hydroxylation is 1. The van der Waals surface area contributed by atoms with E-state index in [1.165, 1.54) is 22.4 Å². The number of benzene rings is 2. The summed E-state index contributed by atoms with van der Waals surface area (Å²) in [7, 11) is 0. The summed E-state index contributed by atoms with van der Waals surface area (Å²) in [6.07, 6.45) is 4.34. The van der Waals surface area contributed by atoms with Crippen molar-refractivity contribution in [2.45, 2.75) is 25.8 Å². The van der Waals surface area contributed by atoms with E-state index in [9.17, 15) is 0 Å². The maximum absolute atomic E-state index is 6.04. The van der Waals surface area contributed by atoms with Gasteiger partial charge in [0.05, 0.1) is 0 Å². The van der Waals surface area contributed by atoms with Crippen molar-refractivity contribution in [3.63, 3.8) is 0 Å². The molecule has 1 nitrogen and oxygen atoms in total. The second-order valence-corrected chi connectivity index (χ2v) is 5.73. The van der Waals surface area contributed by atoms with Gasteiger partial charge in [-0.1, -0.05) is 48.0 Å². The van der Waals surface area contributed by atoms with Crippen LogP contribution in [0.5, 0.6) is 0 Å². The minimum atomic E-state index is 0.330. The van der Waals surface area contributed by atoms with Gasteiger partial charge >= 0.3 is 0 Å². The monoisotopic (exact) mass is 283 g/mol. The Bertz CT molecular complexity index is 631. The van der Waals surface area contributed by atoms with E-state index in [0.29, 0.717) is 6.04 Å². The molecule has 0 radical (unpaired) electrons. The Hall–Kier alpha value is -1.73. The van der Waals surface area contributed by atoms with Crippen LogP contribution in [0.25, 0.3) is 6.08 Å². The largest absolute Gasteiger partial charge is 0.382 e. The molecule has 1 atom stereocenters. The molecule has 0 unspecified atom stereocenters. The quantitative estimate of drug-likeness (QED) is 0.838. The predicted octanol–water partition coefficient (Wildman–Crippen LogP) is 4.98. The lowest BCUT2D eigenvalue weighted by atomic mass is 9.95. The fraction of sp³-hybridized carbons (Fsp3) is 0.222. The second kappa shape index (κ2) is 5.72. The van der Waals surface area contributed by atoms with E-state index in [1.54, 1.807) is 0 Å². The predicted molar refractivity (Wildman–Crippen MR) is 85.7 cm³/mol. The molecule has 1 N–H and O–H groups in total. The van der Waals surface area contributed by atoms with Crippen LogP contribution in [0.4, 0.5) is 0 Å². The Balaban J connectivity index is 1.77. The molecule has 0 saturated heterocycles. The van der Waals surface area contributed by atoms with Crippen molar-refractivity contribution >= 4 is 17.7 Å². The molecule has 0 saturated carbocycles. The van der Waals surface area contributed by atoms with Crippen molar-refractivity contribution in [1.82, 2.24) is 5.32 Å². The van der Waals surface area contributed by atoms with Crippen LogP contribution < -0.4 is 5.32 Å². The van der Waals surface area contributed by atoms with E-state index in [4.69, 9.17) is 11.6 Å². The highest BCUT2D eigenvalue weighted by Gasteiger charge is 2.13. The minimum absolute atomic E-state index is 0.330. The van der Waals surface area contributed by atoms with Gasteiger partial charge in [0.25, 0.3) is 0 Å². The molecule has 3 rings (SSSR count). The zero-order valence-corrected chi connectivity index (χ0v) is 12.3. The Morgan fingerprint density at radius 3 is 2.65 bits per heavy atom. The lowest BCUT2D eigenvalue weighted by Crippen LogP contribution is -2.20. The van der Waals surface area contributed by atoms with Crippen molar-refractivity contribution in [2.24, 2.45) is 0 Å². The molecule has 1 aliphatic carbocycles. The lowest BCUT2D eigenvalue weighted by Gasteiger charge is -2.22. The van der Waals surface area contributed by atoms with Crippen molar-refractivity contribution in [3.8, 4) is 0 Å². The number of rotatable bonds is 3. The summed E-state index contributed by atoms with van der Waals surface area (Å²) < 4.78 is 0. The molecule has 2 aromatic carbocycles. The molecule has 2 heteroatoms. The van der Waals surface area contributed by atoms with E-state index >= 15 is 0 Å². The van der Waals surface area contributed by atoms with Crippen LogP contribution >= 0.6 is 11.6 Å². The molecule has 0 aromatic heterocycles. The lowest BCUT2D eigenvalue weighted by molar-refractivity contribution is 0.627. The smallest absolute Gasteiger partial charge is 0.0482 e. The van der Waals surface area contributed by atoms with E-state index < -0.39 is 0 Å².